The van der Waals surface area contributed by atoms with E-state index >= 15 is 0 Å². The molecular weight excluding hydrogens is 124 g/mol. The fourth-order valence-electron chi connectivity index (χ4n) is 0.0430. The van der Waals surface area contributed by atoms with Gasteiger partial charge in [0.25, 0.3) is 0 Å². The molecule has 0 bridgehead atoms. The lowest BCUT2D eigenvalue weighted by Crippen LogP contribution is -1.90. The maximum absolute atomic E-state index is 9.33. The van der Waals surface area contributed by atoms with Crippen LogP contribution in [0.1, 0.15) is 0 Å². The highest BCUT2D eigenvalue weighted by molar-refractivity contribution is 7.81. The summed E-state index contributed by atoms with van der Waals surface area (Å²) in [5.41, 5.74) is 0. The Morgan fingerprint density at radius 3 is 2.50 bits per heavy atom. The van der Waals surface area contributed by atoms with Gasteiger partial charge in [-0.25, -0.2) is 4.21 Å². The summed E-state index contributed by atoms with van der Waals surface area (Å²) < 4.78 is 22.5. The highest BCUT2D eigenvalue weighted by Crippen LogP contribution is 1.78. The Labute approximate surface area is 43.6 Å². The average molecular weight is 127 g/mol. The molecule has 5 heteroatoms. The van der Waals surface area contributed by atoms with Crippen LogP contribution in [0.25, 0.3) is 0 Å². The van der Waals surface area contributed by atoms with Gasteiger partial charge in [0, 0.05) is 0 Å². The molecule has 0 amide bonds. The maximum atomic E-state index is 9.33. The predicted octanol–water partition coefficient (Wildman–Crippen LogP) is -0.316. The molecule has 0 spiro atoms. The van der Waals surface area contributed by atoms with E-state index in [1.807, 2.05) is 0 Å². The van der Waals surface area contributed by atoms with Crippen molar-refractivity contribution in [3.05, 3.63) is 0 Å². The molecule has 0 aliphatic rings. The molecule has 0 heterocycles. The Morgan fingerprint density at radius 1 is 2.00 bits per heavy atom. The molecule has 0 fully saturated rings. The molecule has 0 N–H and O–H groups in total. The summed E-state index contributed by atoms with van der Waals surface area (Å²) in [5, 5.41) is 0. The van der Waals surface area contributed by atoms with Gasteiger partial charge in [-0.3, -0.25) is 4.18 Å². The molecule has 38 valence electrons. The summed E-state index contributed by atoms with van der Waals surface area (Å²) in [5.74, 6) is -0.0872. The molecule has 1 unspecified atom stereocenters. The van der Waals surface area contributed by atoms with Crippen LogP contribution in [0.4, 0.5) is 0 Å². The lowest BCUT2D eigenvalue weighted by atomic mass is 11.7. The zero-order chi connectivity index (χ0) is 4.99. The van der Waals surface area contributed by atoms with E-state index < -0.39 is 11.4 Å². The first kappa shape index (κ1) is 6.42. The van der Waals surface area contributed by atoms with Crippen molar-refractivity contribution < 1.29 is 12.9 Å². The van der Waals surface area contributed by atoms with E-state index in [9.17, 15) is 8.76 Å². The lowest BCUT2D eigenvalue weighted by molar-refractivity contribution is 0.355. The smallest absolute Gasteiger partial charge is 0.106 e. The number of hydrogen-bond donors (Lipinski definition) is 1. The van der Waals surface area contributed by atoms with E-state index in [2.05, 4.69) is 16.8 Å². The summed E-state index contributed by atoms with van der Waals surface area (Å²) in [7, 11) is 0. The van der Waals surface area contributed by atoms with Crippen molar-refractivity contribution in [1.82, 2.24) is 0 Å². The van der Waals surface area contributed by atoms with Crippen LogP contribution < -0.4 is 0 Å². The Balaban J connectivity index is 2.83. The molecule has 0 aromatic heterocycles. The summed E-state index contributed by atoms with van der Waals surface area (Å²) in [4.78, 5) is 0. The van der Waals surface area contributed by atoms with Gasteiger partial charge >= 0.3 is 0 Å². The van der Waals surface area contributed by atoms with Crippen molar-refractivity contribution >= 4 is 24.0 Å². The van der Waals surface area contributed by atoms with Gasteiger partial charge in [-0.2, -0.15) is 0 Å². The van der Waals surface area contributed by atoms with Crippen LogP contribution in [0.2, 0.25) is 0 Å². The van der Waals surface area contributed by atoms with Gasteiger partial charge < -0.3 is 4.55 Å². The summed E-state index contributed by atoms with van der Waals surface area (Å²) in [6.07, 6.45) is 0. The minimum Gasteiger partial charge on any atom is -0.750 e. The highest BCUT2D eigenvalue weighted by atomic mass is 32.2. The molecule has 0 saturated heterocycles. The van der Waals surface area contributed by atoms with E-state index in [1.165, 1.54) is 0 Å². The second-order valence-electron chi connectivity index (χ2n) is 0.451. The van der Waals surface area contributed by atoms with Crippen molar-refractivity contribution in [2.75, 3.05) is 5.94 Å². The fourth-order valence-corrected chi connectivity index (χ4v) is 0.387. The zero-order valence-electron chi connectivity index (χ0n) is 2.79. The van der Waals surface area contributed by atoms with Crippen LogP contribution in [0.15, 0.2) is 0 Å². The van der Waals surface area contributed by atoms with Crippen molar-refractivity contribution in [2.24, 2.45) is 0 Å². The third-order valence-corrected chi connectivity index (χ3v) is 0.763. The van der Waals surface area contributed by atoms with Crippen LogP contribution in [-0.2, 0) is 15.5 Å². The Bertz CT molecular complexity index is 52.8. The van der Waals surface area contributed by atoms with E-state index in [0.29, 0.717) is 0 Å². The molecule has 1 atom stereocenters. The van der Waals surface area contributed by atoms with Crippen LogP contribution in [-0.4, -0.2) is 14.7 Å². The standard InChI is InChI=1S/CH4O3S2/c2-6(3)4-1-5/h5H,1H2,(H,2,3)/p-1. The van der Waals surface area contributed by atoms with Crippen LogP contribution in [0.3, 0.4) is 0 Å². The molecule has 0 radical (unpaired) electrons. The zero-order valence-corrected chi connectivity index (χ0v) is 4.50. The van der Waals surface area contributed by atoms with E-state index in [-0.39, 0.29) is 5.94 Å². The summed E-state index contributed by atoms with van der Waals surface area (Å²) >= 11 is 1.05. The largest absolute Gasteiger partial charge is 0.750 e. The molecular formula is CH3O3S2-. The summed E-state index contributed by atoms with van der Waals surface area (Å²) in [6.45, 7) is 0. The van der Waals surface area contributed by atoms with E-state index in [1.54, 1.807) is 0 Å². The minimum absolute atomic E-state index is 0.0872. The molecule has 6 heavy (non-hydrogen) atoms. The molecule has 0 rings (SSSR count). The molecule has 0 aliphatic heterocycles. The molecule has 0 aliphatic carbocycles. The topological polar surface area (TPSA) is 49.4 Å². The Kier molecular flexibility index (Phi) is 3.86. The summed E-state index contributed by atoms with van der Waals surface area (Å²) in [6, 6.07) is 0. The molecule has 0 aromatic carbocycles. The molecule has 0 saturated carbocycles. The van der Waals surface area contributed by atoms with Gasteiger partial charge in [-0.1, -0.05) is 0 Å². The minimum atomic E-state index is -2.39. The van der Waals surface area contributed by atoms with Crippen molar-refractivity contribution in [2.45, 2.75) is 0 Å². The van der Waals surface area contributed by atoms with Crippen LogP contribution in [0.5, 0.6) is 0 Å². The maximum Gasteiger partial charge on any atom is 0.106 e. The monoisotopic (exact) mass is 127 g/mol. The van der Waals surface area contributed by atoms with Crippen LogP contribution in [0, 0.1) is 0 Å². The third-order valence-electron chi connectivity index (χ3n) is 0.149. The predicted molar refractivity (Wildman–Crippen MR) is 23.9 cm³/mol. The number of hydrogen-bond acceptors (Lipinski definition) is 4. The molecule has 3 nitrogen and oxygen atoms in total. The SMILES string of the molecule is O=S([O-])OCS. The molecule has 0 aromatic rings. The van der Waals surface area contributed by atoms with Crippen molar-refractivity contribution in [1.29, 1.82) is 0 Å². The van der Waals surface area contributed by atoms with Gasteiger partial charge in [0.15, 0.2) is 0 Å². The third kappa shape index (κ3) is 4.42. The van der Waals surface area contributed by atoms with Gasteiger partial charge in [-0.15, -0.1) is 12.6 Å². The van der Waals surface area contributed by atoms with Gasteiger partial charge in [0.1, 0.15) is 5.94 Å². The highest BCUT2D eigenvalue weighted by Gasteiger charge is 1.71. The van der Waals surface area contributed by atoms with Gasteiger partial charge in [0.2, 0.25) is 0 Å². The first-order chi connectivity index (χ1) is 2.77. The van der Waals surface area contributed by atoms with E-state index in [4.69, 9.17) is 0 Å². The van der Waals surface area contributed by atoms with E-state index in [0.717, 1.165) is 0 Å². The second-order valence-corrected chi connectivity index (χ2v) is 1.35. The van der Waals surface area contributed by atoms with Gasteiger partial charge in [0.05, 0.1) is 11.4 Å². The Morgan fingerprint density at radius 2 is 2.50 bits per heavy atom. The fraction of sp³-hybridized carbons (Fsp3) is 1.00. The lowest BCUT2D eigenvalue weighted by Gasteiger charge is -1.98. The first-order valence-electron chi connectivity index (χ1n) is 1.10. The van der Waals surface area contributed by atoms with Gasteiger partial charge in [-0.05, 0) is 0 Å². The van der Waals surface area contributed by atoms with Crippen LogP contribution >= 0.6 is 12.6 Å². The van der Waals surface area contributed by atoms with Crippen molar-refractivity contribution in [3.63, 3.8) is 0 Å². The number of thiol groups is 1. The average Bonchev–Trinajstić information content (AvgIpc) is 1.35. The second kappa shape index (κ2) is 3.60. The number of rotatable bonds is 2. The normalized spacial score (nSPS) is 14.3. The van der Waals surface area contributed by atoms with Crippen molar-refractivity contribution in [3.8, 4) is 0 Å². The first-order valence-corrected chi connectivity index (χ1v) is 2.74. The quantitative estimate of drug-likeness (QED) is 0.314. The Hall–Kier alpha value is 0.420.